The van der Waals surface area contributed by atoms with Crippen LogP contribution in [0.5, 0.6) is 0 Å². The fourth-order valence-corrected chi connectivity index (χ4v) is 4.41. The standard InChI is InChI=1S/C22H23N5O3S/c1-4-14-7-9-15(10-8-14)18(16-6-5-11-31-16)24-17(28)12-27-21(29)19-20(23-13-25(19)2)26(3)22(27)30/h5-11,13,18H,4,12H2,1-3H3,(H,24,28). The van der Waals surface area contributed by atoms with Crippen LogP contribution in [0.1, 0.15) is 29.0 Å². The van der Waals surface area contributed by atoms with Crippen LogP contribution in [0.15, 0.2) is 57.7 Å². The summed E-state index contributed by atoms with van der Waals surface area (Å²) in [6.07, 6.45) is 2.40. The minimum atomic E-state index is -0.577. The highest BCUT2D eigenvalue weighted by atomic mass is 32.1. The second kappa shape index (κ2) is 8.35. The molecule has 0 bridgehead atoms. The SMILES string of the molecule is CCc1ccc(C(NC(=O)Cn2c(=O)c3c(ncn3C)n(C)c2=O)c2cccs2)cc1. The highest BCUT2D eigenvalue weighted by Gasteiger charge is 2.21. The second-order valence-electron chi connectivity index (χ2n) is 7.37. The molecule has 4 aromatic rings. The normalized spacial score (nSPS) is 12.2. The lowest BCUT2D eigenvalue weighted by Crippen LogP contribution is -2.44. The Hall–Kier alpha value is -3.46. The number of carbonyl (C=O) groups is 1. The molecule has 0 saturated carbocycles. The molecule has 4 rings (SSSR count). The molecule has 0 spiro atoms. The lowest BCUT2D eigenvalue weighted by atomic mass is 10.0. The van der Waals surface area contributed by atoms with Gasteiger partial charge < -0.3 is 9.88 Å². The molecule has 0 aliphatic carbocycles. The summed E-state index contributed by atoms with van der Waals surface area (Å²) in [7, 11) is 3.22. The topological polar surface area (TPSA) is 90.9 Å². The Balaban J connectivity index is 1.67. The summed E-state index contributed by atoms with van der Waals surface area (Å²) in [6.45, 7) is 1.71. The molecular formula is C22H23N5O3S. The number of amides is 1. The summed E-state index contributed by atoms with van der Waals surface area (Å²) < 4.78 is 3.78. The molecule has 0 aliphatic rings. The van der Waals surface area contributed by atoms with Crippen molar-refractivity contribution in [2.75, 3.05) is 0 Å². The molecule has 1 atom stereocenters. The molecule has 0 fully saturated rings. The molecule has 0 aliphatic heterocycles. The molecule has 1 N–H and O–H groups in total. The molecule has 8 nitrogen and oxygen atoms in total. The summed E-state index contributed by atoms with van der Waals surface area (Å²) in [5, 5.41) is 4.94. The number of nitrogens with one attached hydrogen (secondary N) is 1. The lowest BCUT2D eigenvalue weighted by molar-refractivity contribution is -0.122. The van der Waals surface area contributed by atoms with Crippen molar-refractivity contribution >= 4 is 28.4 Å². The van der Waals surface area contributed by atoms with Crippen molar-refractivity contribution in [1.82, 2.24) is 24.0 Å². The number of benzene rings is 1. The van der Waals surface area contributed by atoms with Crippen molar-refractivity contribution in [3.63, 3.8) is 0 Å². The Kier molecular flexibility index (Phi) is 5.60. The zero-order valence-electron chi connectivity index (χ0n) is 17.5. The number of hydrogen-bond acceptors (Lipinski definition) is 5. The number of fused-ring (bicyclic) bond motifs is 1. The number of aromatic nitrogens is 4. The zero-order valence-corrected chi connectivity index (χ0v) is 18.3. The second-order valence-corrected chi connectivity index (χ2v) is 8.35. The molecular weight excluding hydrogens is 414 g/mol. The van der Waals surface area contributed by atoms with Gasteiger partial charge in [-0.25, -0.2) is 14.3 Å². The van der Waals surface area contributed by atoms with Gasteiger partial charge in [-0.2, -0.15) is 0 Å². The van der Waals surface area contributed by atoms with E-state index in [9.17, 15) is 14.4 Å². The maximum atomic E-state index is 13.0. The van der Waals surface area contributed by atoms with Crippen LogP contribution in [0.3, 0.4) is 0 Å². The molecule has 0 saturated heterocycles. The molecule has 1 aromatic carbocycles. The van der Waals surface area contributed by atoms with Gasteiger partial charge in [0, 0.05) is 19.0 Å². The number of rotatable bonds is 6. The number of imidazole rings is 1. The zero-order chi connectivity index (χ0) is 22.1. The highest BCUT2D eigenvalue weighted by Crippen LogP contribution is 2.26. The van der Waals surface area contributed by atoms with Gasteiger partial charge in [0.25, 0.3) is 5.56 Å². The van der Waals surface area contributed by atoms with Crippen LogP contribution in [0, 0.1) is 0 Å². The van der Waals surface area contributed by atoms with Crippen molar-refractivity contribution in [2.45, 2.75) is 25.9 Å². The smallest absolute Gasteiger partial charge is 0.332 e. The van der Waals surface area contributed by atoms with Gasteiger partial charge in [0.2, 0.25) is 5.91 Å². The third-order valence-electron chi connectivity index (χ3n) is 5.36. The fourth-order valence-electron chi connectivity index (χ4n) is 3.61. The van der Waals surface area contributed by atoms with Gasteiger partial charge in [-0.1, -0.05) is 37.3 Å². The molecule has 160 valence electrons. The van der Waals surface area contributed by atoms with Crippen LogP contribution in [0.4, 0.5) is 0 Å². The van der Waals surface area contributed by atoms with E-state index in [-0.39, 0.29) is 18.1 Å². The number of aryl methyl sites for hydroxylation is 3. The Labute approximate surface area is 182 Å². The van der Waals surface area contributed by atoms with Crippen molar-refractivity contribution in [3.05, 3.63) is 84.9 Å². The molecule has 31 heavy (non-hydrogen) atoms. The summed E-state index contributed by atoms with van der Waals surface area (Å²) >= 11 is 1.54. The summed E-state index contributed by atoms with van der Waals surface area (Å²) in [6, 6.07) is 11.6. The molecule has 3 aromatic heterocycles. The average Bonchev–Trinajstić information content (AvgIpc) is 3.44. The van der Waals surface area contributed by atoms with Crippen LogP contribution in [0.25, 0.3) is 11.2 Å². The molecule has 1 unspecified atom stereocenters. The van der Waals surface area contributed by atoms with E-state index < -0.39 is 17.2 Å². The van der Waals surface area contributed by atoms with E-state index >= 15 is 0 Å². The Morgan fingerprint density at radius 3 is 2.55 bits per heavy atom. The average molecular weight is 438 g/mol. The minimum Gasteiger partial charge on any atom is -0.343 e. The first kappa shape index (κ1) is 20.8. The Bertz CT molecular complexity index is 1350. The lowest BCUT2D eigenvalue weighted by Gasteiger charge is -2.19. The number of thiophene rings is 1. The number of nitrogens with zero attached hydrogens (tertiary/aromatic N) is 4. The quantitative estimate of drug-likeness (QED) is 0.499. The van der Waals surface area contributed by atoms with Crippen molar-refractivity contribution < 1.29 is 4.79 Å². The van der Waals surface area contributed by atoms with Crippen LogP contribution < -0.4 is 16.6 Å². The monoisotopic (exact) mass is 437 g/mol. The maximum Gasteiger partial charge on any atom is 0.332 e. The number of hydrogen-bond donors (Lipinski definition) is 1. The van der Waals surface area contributed by atoms with Crippen LogP contribution in [0.2, 0.25) is 0 Å². The maximum absolute atomic E-state index is 13.0. The number of carbonyl (C=O) groups excluding carboxylic acids is 1. The van der Waals surface area contributed by atoms with Gasteiger partial charge in [-0.3, -0.25) is 14.2 Å². The minimum absolute atomic E-state index is 0.278. The van der Waals surface area contributed by atoms with Gasteiger partial charge in [0.1, 0.15) is 6.54 Å². The first-order valence-corrected chi connectivity index (χ1v) is 10.8. The van der Waals surface area contributed by atoms with Gasteiger partial charge in [-0.15, -0.1) is 11.3 Å². The van der Waals surface area contributed by atoms with E-state index in [4.69, 9.17) is 0 Å². The van der Waals surface area contributed by atoms with Crippen LogP contribution >= 0.6 is 11.3 Å². The van der Waals surface area contributed by atoms with E-state index in [0.717, 1.165) is 21.4 Å². The van der Waals surface area contributed by atoms with E-state index in [0.29, 0.717) is 5.65 Å². The predicted octanol–water partition coefficient (Wildman–Crippen LogP) is 1.96. The molecule has 3 heterocycles. The van der Waals surface area contributed by atoms with Crippen molar-refractivity contribution in [1.29, 1.82) is 0 Å². The fraction of sp³-hybridized carbons (Fsp3) is 0.273. The van der Waals surface area contributed by atoms with Crippen LogP contribution in [-0.2, 0) is 31.9 Å². The Morgan fingerprint density at radius 1 is 1.16 bits per heavy atom. The van der Waals surface area contributed by atoms with E-state index in [2.05, 4.69) is 17.2 Å². The summed E-state index contributed by atoms with van der Waals surface area (Å²) in [4.78, 5) is 43.6. The van der Waals surface area contributed by atoms with Crippen molar-refractivity contribution in [2.24, 2.45) is 14.1 Å². The van der Waals surface area contributed by atoms with Crippen LogP contribution in [-0.4, -0.2) is 24.6 Å². The third-order valence-corrected chi connectivity index (χ3v) is 6.29. The predicted molar refractivity (Wildman–Crippen MR) is 120 cm³/mol. The van der Waals surface area contributed by atoms with Gasteiger partial charge in [0.05, 0.1) is 12.4 Å². The summed E-state index contributed by atoms with van der Waals surface area (Å²) in [5.41, 5.74) is 1.61. The first-order valence-electron chi connectivity index (χ1n) is 9.93. The highest BCUT2D eigenvalue weighted by molar-refractivity contribution is 7.10. The Morgan fingerprint density at radius 2 is 1.90 bits per heavy atom. The first-order chi connectivity index (χ1) is 14.9. The van der Waals surface area contributed by atoms with Gasteiger partial charge >= 0.3 is 5.69 Å². The van der Waals surface area contributed by atoms with Gasteiger partial charge in [-0.05, 0) is 29.0 Å². The largest absolute Gasteiger partial charge is 0.343 e. The molecule has 1 amide bonds. The molecule has 0 radical (unpaired) electrons. The van der Waals surface area contributed by atoms with Crippen molar-refractivity contribution in [3.8, 4) is 0 Å². The third kappa shape index (κ3) is 3.84. The van der Waals surface area contributed by atoms with E-state index in [1.807, 2.05) is 41.8 Å². The van der Waals surface area contributed by atoms with Gasteiger partial charge in [0.15, 0.2) is 11.2 Å². The van der Waals surface area contributed by atoms with E-state index in [1.54, 1.807) is 11.6 Å². The van der Waals surface area contributed by atoms with E-state index in [1.165, 1.54) is 34.8 Å². The molecule has 9 heteroatoms. The summed E-state index contributed by atoms with van der Waals surface area (Å²) in [5.74, 6) is -0.418.